The lowest BCUT2D eigenvalue weighted by molar-refractivity contribution is -0.117. The molecule has 2 aromatic heterocycles. The molecule has 0 saturated heterocycles. The molecule has 0 aliphatic heterocycles. The summed E-state index contributed by atoms with van der Waals surface area (Å²) in [7, 11) is 4.00. The van der Waals surface area contributed by atoms with E-state index in [0.29, 0.717) is 17.4 Å². The van der Waals surface area contributed by atoms with Crippen LogP contribution in [0.25, 0.3) is 21.9 Å². The highest BCUT2D eigenvalue weighted by Crippen LogP contribution is 2.42. The summed E-state index contributed by atoms with van der Waals surface area (Å²) in [6, 6.07) is 7.86. The molecule has 1 aromatic carbocycles. The minimum Gasteiger partial charge on any atom is -0.398 e. The normalized spacial score (nSPS) is 17.7. The summed E-state index contributed by atoms with van der Waals surface area (Å²) in [6.07, 6.45) is 9.00. The van der Waals surface area contributed by atoms with Crippen LogP contribution in [0.15, 0.2) is 55.5 Å². The van der Waals surface area contributed by atoms with Crippen molar-refractivity contribution in [1.29, 1.82) is 0 Å². The van der Waals surface area contributed by atoms with E-state index in [1.165, 1.54) is 0 Å². The van der Waals surface area contributed by atoms with Crippen molar-refractivity contribution in [3.8, 4) is 11.1 Å². The van der Waals surface area contributed by atoms with Crippen LogP contribution in [0, 0.1) is 11.8 Å². The summed E-state index contributed by atoms with van der Waals surface area (Å²) in [6.45, 7) is 3.75. The summed E-state index contributed by atoms with van der Waals surface area (Å²) in [5.74, 6) is 1.03. The zero-order valence-corrected chi connectivity index (χ0v) is 16.7. The van der Waals surface area contributed by atoms with Gasteiger partial charge in [0.25, 0.3) is 0 Å². The number of nitrogens with zero attached hydrogens (tertiary/aromatic N) is 3. The molecule has 6 nitrogen and oxygen atoms in total. The number of amides is 1. The van der Waals surface area contributed by atoms with E-state index < -0.39 is 0 Å². The first kappa shape index (κ1) is 18.9. The van der Waals surface area contributed by atoms with E-state index in [9.17, 15) is 4.79 Å². The van der Waals surface area contributed by atoms with Crippen LogP contribution >= 0.6 is 0 Å². The molecule has 0 unspecified atom stereocenters. The van der Waals surface area contributed by atoms with Crippen LogP contribution in [-0.4, -0.2) is 30.0 Å². The van der Waals surface area contributed by atoms with Crippen LogP contribution in [-0.2, 0) is 4.79 Å². The summed E-state index contributed by atoms with van der Waals surface area (Å²) >= 11 is 0. The number of nitrogen functional groups attached to an aromatic ring is 1. The minimum atomic E-state index is 0.0231. The molecule has 29 heavy (non-hydrogen) atoms. The standard InChI is InChI=1S/C23H25N5O/c1-4-5-14-9-17(14)23(29)27-22-11-16-8-15(10-20(24)18(16)13-26-22)19-12-25-7-6-21(19)28(2)3/h4,6-8,10-14,17H,1,5,9,24H2,2-3H3,(H,26,27,29)/t14-,17-/m1/s1. The molecule has 2 atom stereocenters. The van der Waals surface area contributed by atoms with Crippen molar-refractivity contribution in [2.24, 2.45) is 11.8 Å². The molecule has 6 heteroatoms. The molecule has 1 fully saturated rings. The Morgan fingerprint density at radius 3 is 2.93 bits per heavy atom. The van der Waals surface area contributed by atoms with E-state index in [0.717, 1.165) is 40.4 Å². The van der Waals surface area contributed by atoms with Gasteiger partial charge in [-0.2, -0.15) is 0 Å². The number of fused-ring (bicyclic) bond motifs is 1. The zero-order valence-electron chi connectivity index (χ0n) is 16.7. The number of allylic oxidation sites excluding steroid dienone is 1. The van der Waals surface area contributed by atoms with Crippen molar-refractivity contribution in [1.82, 2.24) is 9.97 Å². The number of aromatic nitrogens is 2. The van der Waals surface area contributed by atoms with Crippen molar-refractivity contribution in [2.75, 3.05) is 30.0 Å². The first-order valence-corrected chi connectivity index (χ1v) is 9.70. The van der Waals surface area contributed by atoms with Crippen molar-refractivity contribution in [2.45, 2.75) is 12.8 Å². The second-order valence-corrected chi connectivity index (χ2v) is 7.76. The number of nitrogens with one attached hydrogen (secondary N) is 1. The number of hydrogen-bond acceptors (Lipinski definition) is 5. The first-order valence-electron chi connectivity index (χ1n) is 9.70. The molecule has 1 aliphatic carbocycles. The van der Waals surface area contributed by atoms with Gasteiger partial charge in [-0.15, -0.1) is 6.58 Å². The SMILES string of the molecule is C=CC[C@@H]1C[C@H]1C(=O)Nc1cc2cc(-c3cnccc3N(C)C)cc(N)c2cn1. The second-order valence-electron chi connectivity index (χ2n) is 7.76. The third-order valence-corrected chi connectivity index (χ3v) is 5.44. The fraction of sp³-hybridized carbons (Fsp3) is 0.261. The van der Waals surface area contributed by atoms with Crippen LogP contribution in [0.4, 0.5) is 17.2 Å². The van der Waals surface area contributed by atoms with Crippen molar-refractivity contribution in [3.05, 3.63) is 55.5 Å². The maximum absolute atomic E-state index is 12.4. The van der Waals surface area contributed by atoms with Crippen LogP contribution in [0.2, 0.25) is 0 Å². The third-order valence-electron chi connectivity index (χ3n) is 5.44. The number of carbonyl (C=O) groups excluding carboxylic acids is 1. The predicted octanol–water partition coefficient (Wildman–Crippen LogP) is 4.10. The summed E-state index contributed by atoms with van der Waals surface area (Å²) in [5, 5.41) is 4.73. The van der Waals surface area contributed by atoms with Gasteiger partial charge < -0.3 is 16.0 Å². The largest absolute Gasteiger partial charge is 0.398 e. The lowest BCUT2D eigenvalue weighted by Gasteiger charge is -2.18. The number of carbonyl (C=O) groups is 1. The quantitative estimate of drug-likeness (QED) is 0.491. The number of nitrogens with two attached hydrogens (primary N) is 1. The number of hydrogen-bond donors (Lipinski definition) is 2. The number of pyridine rings is 2. The molecular formula is C23H25N5O. The summed E-state index contributed by atoms with van der Waals surface area (Å²) < 4.78 is 0. The molecule has 3 aromatic rings. The maximum atomic E-state index is 12.4. The van der Waals surface area contributed by atoms with Gasteiger partial charge in [-0.25, -0.2) is 4.98 Å². The van der Waals surface area contributed by atoms with Gasteiger partial charge in [-0.3, -0.25) is 9.78 Å². The first-order chi connectivity index (χ1) is 14.0. The zero-order chi connectivity index (χ0) is 20.5. The molecule has 148 valence electrons. The number of rotatable bonds is 6. The Balaban J connectivity index is 1.66. The van der Waals surface area contributed by atoms with Crippen LogP contribution in [0.5, 0.6) is 0 Å². The van der Waals surface area contributed by atoms with E-state index in [1.54, 1.807) is 12.4 Å². The monoisotopic (exact) mass is 387 g/mol. The smallest absolute Gasteiger partial charge is 0.228 e. The molecule has 4 rings (SSSR count). The van der Waals surface area contributed by atoms with Gasteiger partial charge >= 0.3 is 0 Å². The van der Waals surface area contributed by atoms with E-state index in [-0.39, 0.29) is 11.8 Å². The molecule has 0 radical (unpaired) electrons. The number of benzene rings is 1. The molecule has 0 bridgehead atoms. The average molecular weight is 387 g/mol. The lowest BCUT2D eigenvalue weighted by Crippen LogP contribution is -2.15. The molecule has 1 aliphatic rings. The summed E-state index contributed by atoms with van der Waals surface area (Å²) in [5.41, 5.74) is 9.99. The van der Waals surface area contributed by atoms with E-state index in [4.69, 9.17) is 5.73 Å². The highest BCUT2D eigenvalue weighted by Gasteiger charge is 2.41. The molecule has 2 heterocycles. The molecule has 0 spiro atoms. The molecule has 3 N–H and O–H groups in total. The van der Waals surface area contributed by atoms with Gasteiger partial charge in [0.15, 0.2) is 0 Å². The van der Waals surface area contributed by atoms with Gasteiger partial charge in [0.05, 0.1) is 0 Å². The Kier molecular flexibility index (Phi) is 4.92. The van der Waals surface area contributed by atoms with Crippen LogP contribution < -0.4 is 16.0 Å². The van der Waals surface area contributed by atoms with Gasteiger partial charge in [0, 0.05) is 60.9 Å². The molecular weight excluding hydrogens is 362 g/mol. The van der Waals surface area contributed by atoms with Crippen molar-refractivity contribution < 1.29 is 4.79 Å². The van der Waals surface area contributed by atoms with Gasteiger partial charge in [-0.1, -0.05) is 6.08 Å². The molecule has 1 amide bonds. The van der Waals surface area contributed by atoms with E-state index in [1.807, 2.05) is 49.5 Å². The Morgan fingerprint density at radius 2 is 2.17 bits per heavy atom. The van der Waals surface area contributed by atoms with Gasteiger partial charge in [-0.05, 0) is 54.0 Å². The van der Waals surface area contributed by atoms with Crippen LogP contribution in [0.1, 0.15) is 12.8 Å². The highest BCUT2D eigenvalue weighted by atomic mass is 16.2. The van der Waals surface area contributed by atoms with E-state index >= 15 is 0 Å². The van der Waals surface area contributed by atoms with Gasteiger partial charge in [0.2, 0.25) is 5.91 Å². The highest BCUT2D eigenvalue weighted by molar-refractivity contribution is 6.00. The fourth-order valence-electron chi connectivity index (χ4n) is 3.77. The van der Waals surface area contributed by atoms with Crippen LogP contribution in [0.3, 0.4) is 0 Å². The minimum absolute atomic E-state index is 0.0231. The van der Waals surface area contributed by atoms with Crippen molar-refractivity contribution in [3.63, 3.8) is 0 Å². The Bertz CT molecular complexity index is 1090. The molecule has 1 saturated carbocycles. The van der Waals surface area contributed by atoms with E-state index in [2.05, 4.69) is 27.9 Å². The maximum Gasteiger partial charge on any atom is 0.228 e. The average Bonchev–Trinajstić information content (AvgIpc) is 3.47. The topological polar surface area (TPSA) is 84.1 Å². The third kappa shape index (κ3) is 3.78. The number of anilines is 3. The Morgan fingerprint density at radius 1 is 1.34 bits per heavy atom. The Labute approximate surface area is 170 Å². The lowest BCUT2D eigenvalue weighted by atomic mass is 10.0. The summed E-state index contributed by atoms with van der Waals surface area (Å²) in [4.78, 5) is 23.2. The Hall–Kier alpha value is -3.41. The predicted molar refractivity (Wildman–Crippen MR) is 119 cm³/mol. The van der Waals surface area contributed by atoms with Crippen molar-refractivity contribution >= 4 is 33.9 Å². The second kappa shape index (κ2) is 7.54. The van der Waals surface area contributed by atoms with Gasteiger partial charge in [0.1, 0.15) is 5.82 Å². The fourth-order valence-corrected chi connectivity index (χ4v) is 3.77.